The number of fused-ring (bicyclic) bond motifs is 3. The summed E-state index contributed by atoms with van der Waals surface area (Å²) in [6.07, 6.45) is -0.0387. The Hall–Kier alpha value is -4.08. The highest BCUT2D eigenvalue weighted by Gasteiger charge is 2.66. The van der Waals surface area contributed by atoms with E-state index in [-0.39, 0.29) is 30.7 Å². The van der Waals surface area contributed by atoms with E-state index in [0.717, 1.165) is 16.7 Å². The number of carbonyl (C=O) groups is 3. The van der Waals surface area contributed by atoms with E-state index in [1.54, 1.807) is 14.7 Å². The number of benzene rings is 3. The lowest BCUT2D eigenvalue weighted by Gasteiger charge is -2.37. The third-order valence-electron chi connectivity index (χ3n) is 10.6. The lowest BCUT2D eigenvalue weighted by Crippen LogP contribution is -2.48. The van der Waals surface area contributed by atoms with E-state index in [4.69, 9.17) is 4.74 Å². The maximum absolute atomic E-state index is 16.3. The van der Waals surface area contributed by atoms with Crippen LogP contribution in [0.25, 0.3) is 0 Å². The molecule has 0 radical (unpaired) electrons. The van der Waals surface area contributed by atoms with E-state index in [9.17, 15) is 19.5 Å². The van der Waals surface area contributed by atoms with Crippen LogP contribution in [0.4, 0.5) is 15.8 Å². The average molecular weight is 626 g/mol. The lowest BCUT2D eigenvalue weighted by molar-refractivity contribution is -0.151. The van der Waals surface area contributed by atoms with E-state index in [1.807, 2.05) is 79.7 Å². The number of hydrogen-bond donors (Lipinski definition) is 1. The first-order valence-corrected chi connectivity index (χ1v) is 16.2. The molecule has 0 unspecified atom stereocenters. The Labute approximate surface area is 268 Å². The molecule has 5 atom stereocenters. The highest BCUT2D eigenvalue weighted by atomic mass is 19.1. The van der Waals surface area contributed by atoms with Crippen LogP contribution in [0.2, 0.25) is 0 Å². The second kappa shape index (κ2) is 11.3. The Balaban J connectivity index is 1.27. The van der Waals surface area contributed by atoms with Gasteiger partial charge in [-0.05, 0) is 55.2 Å². The largest absolute Gasteiger partial charge is 0.394 e. The molecule has 3 aromatic rings. The van der Waals surface area contributed by atoms with Crippen molar-refractivity contribution in [2.45, 2.75) is 76.5 Å². The number of β-lactam (4-membered cyclic amide) rings is 1. The summed E-state index contributed by atoms with van der Waals surface area (Å²) >= 11 is 0. The average Bonchev–Trinajstić information content (AvgIpc) is 3.46. The number of nitrogens with zero attached hydrogens (tertiary/aromatic N) is 3. The number of hydrogen-bond acceptors (Lipinski definition) is 5. The van der Waals surface area contributed by atoms with Crippen LogP contribution in [0.15, 0.2) is 72.8 Å². The molecular formula is C37H40FN3O5. The summed E-state index contributed by atoms with van der Waals surface area (Å²) in [6.45, 7) is 5.85. The summed E-state index contributed by atoms with van der Waals surface area (Å²) in [7, 11) is 0. The predicted octanol–water partition coefficient (Wildman–Crippen LogP) is 4.90. The first kappa shape index (κ1) is 30.6. The van der Waals surface area contributed by atoms with Crippen molar-refractivity contribution in [1.29, 1.82) is 0 Å². The summed E-state index contributed by atoms with van der Waals surface area (Å²) in [5, 5.41) is 10.2. The molecule has 0 bridgehead atoms. The molecule has 7 rings (SSSR count). The third kappa shape index (κ3) is 4.83. The van der Waals surface area contributed by atoms with Crippen molar-refractivity contribution in [3.8, 4) is 0 Å². The molecule has 240 valence electrons. The van der Waals surface area contributed by atoms with Gasteiger partial charge in [0.25, 0.3) is 5.91 Å². The number of aliphatic hydroxyl groups is 1. The van der Waals surface area contributed by atoms with Gasteiger partial charge in [0.1, 0.15) is 5.67 Å². The van der Waals surface area contributed by atoms with Gasteiger partial charge >= 0.3 is 0 Å². The minimum atomic E-state index is -1.78. The number of alkyl halides is 1. The van der Waals surface area contributed by atoms with Crippen LogP contribution < -0.4 is 9.80 Å². The number of halogens is 1. The molecule has 4 heterocycles. The molecule has 2 saturated heterocycles. The van der Waals surface area contributed by atoms with Crippen LogP contribution in [0.5, 0.6) is 0 Å². The van der Waals surface area contributed by atoms with Gasteiger partial charge in [-0.25, -0.2) is 4.39 Å². The summed E-state index contributed by atoms with van der Waals surface area (Å²) in [5.74, 6) is -1.95. The minimum absolute atomic E-state index is 0.00707. The molecule has 1 N–H and O–H groups in total. The second-order valence-electron chi connectivity index (χ2n) is 13.7. The first-order chi connectivity index (χ1) is 22.0. The van der Waals surface area contributed by atoms with Gasteiger partial charge in [0, 0.05) is 42.6 Å². The van der Waals surface area contributed by atoms with Gasteiger partial charge in [-0.3, -0.25) is 14.4 Å². The predicted molar refractivity (Wildman–Crippen MR) is 172 cm³/mol. The standard InChI is InChI=1S/C37H40FN3O5/c1-23-34(36(2,3)38)31(19-33(44)40-21-26-12-8-7-11-25(26)17-28(40)22-42)46-37(23)29-18-27(39-16-15-32(39)43)13-14-30(29)41(35(37)45)20-24-9-5-4-6-10-24/h4-14,18,23,28,31,34,42H,15-17,19-22H2,1-3H3/t23-,28+,31+,34-,37+/m1/s1. The van der Waals surface area contributed by atoms with Crippen LogP contribution in [0.1, 0.15) is 55.9 Å². The number of rotatable bonds is 7. The molecule has 4 aliphatic heterocycles. The maximum Gasteiger partial charge on any atom is 0.264 e. The van der Waals surface area contributed by atoms with Gasteiger partial charge in [-0.15, -0.1) is 0 Å². The molecule has 2 fully saturated rings. The fourth-order valence-corrected chi connectivity index (χ4v) is 8.25. The molecule has 0 aromatic heterocycles. The van der Waals surface area contributed by atoms with Crippen molar-refractivity contribution in [2.75, 3.05) is 23.0 Å². The van der Waals surface area contributed by atoms with Crippen molar-refractivity contribution in [2.24, 2.45) is 11.8 Å². The summed E-state index contributed by atoms with van der Waals surface area (Å²) in [6, 6.07) is 22.7. The Bertz CT molecular complexity index is 1690. The zero-order valence-electron chi connectivity index (χ0n) is 26.5. The van der Waals surface area contributed by atoms with Gasteiger partial charge in [0.15, 0.2) is 5.60 Å². The van der Waals surface area contributed by atoms with Gasteiger partial charge in [0.05, 0.1) is 37.4 Å². The van der Waals surface area contributed by atoms with Crippen molar-refractivity contribution in [1.82, 2.24) is 4.90 Å². The van der Waals surface area contributed by atoms with Gasteiger partial charge in [-0.2, -0.15) is 0 Å². The fraction of sp³-hybridized carbons (Fsp3) is 0.432. The summed E-state index contributed by atoms with van der Waals surface area (Å²) < 4.78 is 23.1. The SMILES string of the molecule is C[C@@H]1[C@@H](C(C)(C)F)[C@H](CC(=O)N2Cc3ccccc3C[C@H]2CO)O[C@@]12C(=O)N(Cc1ccccc1)c1ccc(N3CCC3=O)cc12. The van der Waals surface area contributed by atoms with Crippen LogP contribution in [-0.2, 0) is 44.2 Å². The molecule has 3 aromatic carbocycles. The van der Waals surface area contributed by atoms with Crippen molar-refractivity contribution < 1.29 is 28.6 Å². The second-order valence-corrected chi connectivity index (χ2v) is 13.7. The number of ether oxygens (including phenoxy) is 1. The van der Waals surface area contributed by atoms with E-state index >= 15 is 4.39 Å². The molecule has 3 amide bonds. The molecule has 8 nitrogen and oxygen atoms in total. The van der Waals surface area contributed by atoms with Crippen LogP contribution in [0.3, 0.4) is 0 Å². The fourth-order valence-electron chi connectivity index (χ4n) is 8.25. The smallest absolute Gasteiger partial charge is 0.264 e. The molecule has 46 heavy (non-hydrogen) atoms. The Morgan fingerprint density at radius 3 is 2.41 bits per heavy atom. The summed E-state index contributed by atoms with van der Waals surface area (Å²) in [5.41, 5.74) is 1.66. The monoisotopic (exact) mass is 625 g/mol. The van der Waals surface area contributed by atoms with Crippen LogP contribution >= 0.6 is 0 Å². The minimum Gasteiger partial charge on any atom is -0.394 e. The molecule has 0 aliphatic carbocycles. The third-order valence-corrected chi connectivity index (χ3v) is 10.6. The van der Waals surface area contributed by atoms with Gasteiger partial charge in [0.2, 0.25) is 11.8 Å². The Morgan fingerprint density at radius 1 is 1.04 bits per heavy atom. The molecule has 0 saturated carbocycles. The van der Waals surface area contributed by atoms with E-state index in [0.29, 0.717) is 49.4 Å². The zero-order chi connectivity index (χ0) is 32.4. The Morgan fingerprint density at radius 2 is 1.76 bits per heavy atom. The van der Waals surface area contributed by atoms with Gasteiger partial charge < -0.3 is 24.5 Å². The van der Waals surface area contributed by atoms with E-state index in [2.05, 4.69) is 0 Å². The summed E-state index contributed by atoms with van der Waals surface area (Å²) in [4.78, 5) is 46.3. The van der Waals surface area contributed by atoms with E-state index in [1.165, 1.54) is 13.8 Å². The highest BCUT2D eigenvalue weighted by Crippen LogP contribution is 2.59. The first-order valence-electron chi connectivity index (χ1n) is 16.2. The normalized spacial score (nSPS) is 27.2. The number of anilines is 2. The quantitative estimate of drug-likeness (QED) is 0.378. The van der Waals surface area contributed by atoms with Crippen molar-refractivity contribution >= 4 is 29.1 Å². The number of aliphatic hydroxyl groups excluding tert-OH is 1. The number of amides is 3. The lowest BCUT2D eigenvalue weighted by atomic mass is 9.71. The number of carbonyl (C=O) groups excluding carboxylic acids is 3. The molecule has 1 spiro atoms. The molecule has 9 heteroatoms. The van der Waals surface area contributed by atoms with Crippen LogP contribution in [-0.4, -0.2) is 58.7 Å². The van der Waals surface area contributed by atoms with Gasteiger partial charge in [-0.1, -0.05) is 61.5 Å². The highest BCUT2D eigenvalue weighted by molar-refractivity contribution is 6.09. The Kier molecular flexibility index (Phi) is 7.52. The topological polar surface area (TPSA) is 90.4 Å². The molecule has 4 aliphatic rings. The maximum atomic E-state index is 16.3. The zero-order valence-corrected chi connectivity index (χ0v) is 26.5. The van der Waals surface area contributed by atoms with Crippen molar-refractivity contribution in [3.05, 3.63) is 95.1 Å². The van der Waals surface area contributed by atoms with Crippen molar-refractivity contribution in [3.63, 3.8) is 0 Å². The van der Waals surface area contributed by atoms with E-state index < -0.39 is 35.3 Å². The molecular weight excluding hydrogens is 585 g/mol. The van der Waals surface area contributed by atoms with Crippen LogP contribution in [0, 0.1) is 11.8 Å².